The van der Waals surface area contributed by atoms with Crippen molar-refractivity contribution in [2.24, 2.45) is 0 Å². The molecule has 5 nitrogen and oxygen atoms in total. The van der Waals surface area contributed by atoms with Crippen LogP contribution in [0.2, 0.25) is 0 Å². The van der Waals surface area contributed by atoms with Crippen LogP contribution in [-0.2, 0) is 11.3 Å². The first-order valence-corrected chi connectivity index (χ1v) is 5.98. The molecule has 1 amide bonds. The predicted molar refractivity (Wildman–Crippen MR) is 65.2 cm³/mol. The van der Waals surface area contributed by atoms with Gasteiger partial charge in [0.1, 0.15) is 6.10 Å². The summed E-state index contributed by atoms with van der Waals surface area (Å²) in [4.78, 5) is 12.1. The van der Waals surface area contributed by atoms with Gasteiger partial charge in [0, 0.05) is 6.54 Å². The third-order valence-electron chi connectivity index (χ3n) is 3.10. The van der Waals surface area contributed by atoms with Gasteiger partial charge in [0.25, 0.3) is 0 Å². The van der Waals surface area contributed by atoms with Crippen LogP contribution >= 0.6 is 0 Å². The lowest BCUT2D eigenvalue weighted by Crippen LogP contribution is -2.49. The SMILES string of the molecule is O=C(O)N1CCC(O)C(OCc2ccccc2)C1. The molecule has 0 bridgehead atoms. The molecule has 0 radical (unpaired) electrons. The van der Waals surface area contributed by atoms with Gasteiger partial charge in [-0.2, -0.15) is 0 Å². The first-order chi connectivity index (χ1) is 8.66. The molecule has 5 heteroatoms. The molecule has 1 heterocycles. The minimum atomic E-state index is -0.963. The van der Waals surface area contributed by atoms with Crippen LogP contribution < -0.4 is 0 Å². The summed E-state index contributed by atoms with van der Waals surface area (Å²) in [5.41, 5.74) is 1.01. The summed E-state index contributed by atoms with van der Waals surface area (Å²) in [6.07, 6.45) is -1.58. The van der Waals surface area contributed by atoms with Crippen molar-refractivity contribution >= 4 is 6.09 Å². The number of ether oxygens (including phenoxy) is 1. The number of aliphatic hydroxyl groups excluding tert-OH is 1. The Bertz CT molecular complexity index is 395. The summed E-state index contributed by atoms with van der Waals surface area (Å²) in [6, 6.07) is 9.62. The van der Waals surface area contributed by atoms with E-state index in [0.29, 0.717) is 19.6 Å². The van der Waals surface area contributed by atoms with Crippen molar-refractivity contribution in [1.82, 2.24) is 4.90 Å². The normalized spacial score (nSPS) is 23.9. The Labute approximate surface area is 106 Å². The zero-order valence-corrected chi connectivity index (χ0v) is 10.0. The number of carboxylic acid groups (broad SMARTS) is 1. The molecule has 1 aliphatic heterocycles. The molecule has 18 heavy (non-hydrogen) atoms. The van der Waals surface area contributed by atoms with E-state index in [1.807, 2.05) is 30.3 Å². The van der Waals surface area contributed by atoms with E-state index >= 15 is 0 Å². The summed E-state index contributed by atoms with van der Waals surface area (Å²) in [5, 5.41) is 18.7. The van der Waals surface area contributed by atoms with E-state index in [1.165, 1.54) is 4.90 Å². The number of benzene rings is 1. The van der Waals surface area contributed by atoms with Crippen LogP contribution in [0.5, 0.6) is 0 Å². The Morgan fingerprint density at radius 3 is 2.78 bits per heavy atom. The van der Waals surface area contributed by atoms with Crippen molar-refractivity contribution in [3.8, 4) is 0 Å². The number of amides is 1. The summed E-state index contributed by atoms with van der Waals surface area (Å²) in [6.45, 7) is 0.973. The van der Waals surface area contributed by atoms with Gasteiger partial charge in [-0.25, -0.2) is 4.79 Å². The number of hydrogen-bond donors (Lipinski definition) is 2. The molecular weight excluding hydrogens is 234 g/mol. The number of hydrogen-bond acceptors (Lipinski definition) is 3. The van der Waals surface area contributed by atoms with E-state index < -0.39 is 18.3 Å². The lowest BCUT2D eigenvalue weighted by Gasteiger charge is -2.34. The second-order valence-electron chi connectivity index (χ2n) is 4.42. The first kappa shape index (κ1) is 12.9. The van der Waals surface area contributed by atoms with Crippen molar-refractivity contribution in [3.63, 3.8) is 0 Å². The first-order valence-electron chi connectivity index (χ1n) is 5.98. The Morgan fingerprint density at radius 1 is 1.39 bits per heavy atom. The average molecular weight is 251 g/mol. The highest BCUT2D eigenvalue weighted by Gasteiger charge is 2.30. The molecule has 1 aliphatic rings. The van der Waals surface area contributed by atoms with Crippen molar-refractivity contribution in [3.05, 3.63) is 35.9 Å². The lowest BCUT2D eigenvalue weighted by molar-refractivity contribution is -0.0812. The highest BCUT2D eigenvalue weighted by molar-refractivity contribution is 5.65. The number of piperidine rings is 1. The van der Waals surface area contributed by atoms with Gasteiger partial charge in [0.05, 0.1) is 19.3 Å². The monoisotopic (exact) mass is 251 g/mol. The van der Waals surface area contributed by atoms with Crippen LogP contribution in [0.1, 0.15) is 12.0 Å². The maximum Gasteiger partial charge on any atom is 0.407 e. The Hall–Kier alpha value is -1.59. The Kier molecular flexibility index (Phi) is 4.17. The van der Waals surface area contributed by atoms with Crippen molar-refractivity contribution in [2.75, 3.05) is 13.1 Å². The number of likely N-dealkylation sites (tertiary alicyclic amines) is 1. The van der Waals surface area contributed by atoms with Gasteiger partial charge in [-0.1, -0.05) is 30.3 Å². The van der Waals surface area contributed by atoms with Crippen molar-refractivity contribution in [2.45, 2.75) is 25.2 Å². The van der Waals surface area contributed by atoms with Crippen LogP contribution in [0.15, 0.2) is 30.3 Å². The smallest absolute Gasteiger partial charge is 0.407 e. The number of carbonyl (C=O) groups is 1. The fourth-order valence-electron chi connectivity index (χ4n) is 2.02. The minimum absolute atomic E-state index is 0.226. The van der Waals surface area contributed by atoms with Gasteiger partial charge in [0.15, 0.2) is 0 Å². The highest BCUT2D eigenvalue weighted by Crippen LogP contribution is 2.16. The van der Waals surface area contributed by atoms with E-state index in [-0.39, 0.29) is 6.54 Å². The van der Waals surface area contributed by atoms with Crippen molar-refractivity contribution in [1.29, 1.82) is 0 Å². The van der Waals surface area contributed by atoms with Gasteiger partial charge < -0.3 is 19.8 Å². The molecule has 0 spiro atoms. The molecular formula is C13H17NO4. The second-order valence-corrected chi connectivity index (χ2v) is 4.42. The molecule has 0 saturated carbocycles. The van der Waals surface area contributed by atoms with Crippen LogP contribution in [0.25, 0.3) is 0 Å². The Balaban J connectivity index is 1.89. The molecule has 1 saturated heterocycles. The zero-order chi connectivity index (χ0) is 13.0. The fraction of sp³-hybridized carbons (Fsp3) is 0.462. The highest BCUT2D eigenvalue weighted by atomic mass is 16.5. The molecule has 2 N–H and O–H groups in total. The minimum Gasteiger partial charge on any atom is -0.465 e. The average Bonchev–Trinajstić information content (AvgIpc) is 2.38. The quantitative estimate of drug-likeness (QED) is 0.850. The van der Waals surface area contributed by atoms with Gasteiger partial charge in [-0.15, -0.1) is 0 Å². The van der Waals surface area contributed by atoms with Crippen molar-refractivity contribution < 1.29 is 19.7 Å². The molecule has 0 aromatic heterocycles. The largest absolute Gasteiger partial charge is 0.465 e. The Morgan fingerprint density at radius 2 is 2.11 bits per heavy atom. The molecule has 2 rings (SSSR count). The van der Waals surface area contributed by atoms with Gasteiger partial charge in [-0.05, 0) is 12.0 Å². The van der Waals surface area contributed by atoms with E-state index in [2.05, 4.69) is 0 Å². The molecule has 2 atom stereocenters. The molecule has 1 aromatic carbocycles. The van der Waals surface area contributed by atoms with Crippen LogP contribution in [0.3, 0.4) is 0 Å². The summed E-state index contributed by atoms with van der Waals surface area (Å²) in [7, 11) is 0. The van der Waals surface area contributed by atoms with Crippen LogP contribution in [0, 0.1) is 0 Å². The molecule has 98 valence electrons. The molecule has 1 aromatic rings. The van der Waals surface area contributed by atoms with Crippen LogP contribution in [0.4, 0.5) is 4.79 Å². The number of rotatable bonds is 3. The topological polar surface area (TPSA) is 70.0 Å². The molecule has 2 unspecified atom stereocenters. The number of aliphatic hydroxyl groups is 1. The van der Waals surface area contributed by atoms with Gasteiger partial charge >= 0.3 is 6.09 Å². The maximum absolute atomic E-state index is 10.9. The van der Waals surface area contributed by atoms with E-state index in [4.69, 9.17) is 9.84 Å². The standard InChI is InChI=1S/C13H17NO4/c15-11-6-7-14(13(16)17)8-12(11)18-9-10-4-2-1-3-5-10/h1-5,11-12,15H,6-9H2,(H,16,17). The predicted octanol–water partition coefficient (Wildman–Crippen LogP) is 1.32. The van der Waals surface area contributed by atoms with Crippen LogP contribution in [-0.4, -0.2) is 46.5 Å². The lowest BCUT2D eigenvalue weighted by atomic mass is 10.1. The van der Waals surface area contributed by atoms with Gasteiger partial charge in [0.2, 0.25) is 0 Å². The third-order valence-corrected chi connectivity index (χ3v) is 3.10. The summed E-state index contributed by atoms with van der Waals surface area (Å²) >= 11 is 0. The molecule has 1 fully saturated rings. The summed E-state index contributed by atoms with van der Waals surface area (Å²) in [5.74, 6) is 0. The zero-order valence-electron chi connectivity index (χ0n) is 10.0. The third kappa shape index (κ3) is 3.21. The fourth-order valence-corrected chi connectivity index (χ4v) is 2.02. The van der Waals surface area contributed by atoms with Gasteiger partial charge in [-0.3, -0.25) is 0 Å². The van der Waals surface area contributed by atoms with E-state index in [0.717, 1.165) is 5.56 Å². The second kappa shape index (κ2) is 5.84. The summed E-state index contributed by atoms with van der Waals surface area (Å²) < 4.78 is 5.61. The van der Waals surface area contributed by atoms with E-state index in [1.54, 1.807) is 0 Å². The number of nitrogens with zero attached hydrogens (tertiary/aromatic N) is 1. The molecule has 0 aliphatic carbocycles. The van der Waals surface area contributed by atoms with E-state index in [9.17, 15) is 9.90 Å². The maximum atomic E-state index is 10.9.